The maximum absolute atomic E-state index is 10.6. The van der Waals surface area contributed by atoms with Gasteiger partial charge in [0.15, 0.2) is 0 Å². The van der Waals surface area contributed by atoms with E-state index in [-0.39, 0.29) is 0 Å². The van der Waals surface area contributed by atoms with Crippen LogP contribution in [-0.2, 0) is 0 Å². The first-order chi connectivity index (χ1) is 2.94. The smallest absolute Gasteiger partial charge is 0.269 e. The Hall–Kier alpha value is 0.0838. The highest BCUT2D eigenvalue weighted by atomic mass is 29.3. The van der Waals surface area contributed by atoms with Crippen molar-refractivity contribution in [3.8, 4) is 0 Å². The molecule has 0 atom stereocenters. The van der Waals surface area contributed by atoms with Gasteiger partial charge in [-0.1, -0.05) is 0 Å². The van der Waals surface area contributed by atoms with Crippen LogP contribution in [0.25, 0.3) is 0 Å². The van der Waals surface area contributed by atoms with E-state index < -0.39 is 17.6 Å². The third-order valence-corrected chi connectivity index (χ3v) is 2.23. The van der Waals surface area contributed by atoms with Gasteiger partial charge in [-0.05, 0) is 0 Å². The Bertz CT molecular complexity index is 51.6. The van der Waals surface area contributed by atoms with Crippen LogP contribution in [0.5, 0.6) is 0 Å². The predicted molar refractivity (Wildman–Crippen MR) is 18.4 cm³/mol. The summed E-state index contributed by atoms with van der Waals surface area (Å²) in [5, 5.41) is 0. The summed E-state index contributed by atoms with van der Waals surface area (Å²) in [7, 11) is -11.6. The molecule has 0 aliphatic heterocycles. The van der Waals surface area contributed by atoms with Crippen LogP contribution >= 0.6 is 0 Å². The highest BCUT2D eigenvalue weighted by Gasteiger charge is 2.52. The first-order valence-electron chi connectivity index (χ1n) is 1.29. The van der Waals surface area contributed by atoms with E-state index in [0.717, 1.165) is 0 Å². The molecule has 0 spiro atoms. The highest BCUT2D eigenvalue weighted by molar-refractivity contribution is 7.17. The van der Waals surface area contributed by atoms with Crippen LogP contribution in [0.3, 0.4) is 0 Å². The van der Waals surface area contributed by atoms with Crippen LogP contribution < -0.4 is 0 Å². The fourth-order valence-electron chi connectivity index (χ4n) is 0. The van der Waals surface area contributed by atoms with Crippen molar-refractivity contribution in [2.75, 3.05) is 0 Å². The lowest BCUT2D eigenvalue weighted by molar-refractivity contribution is 0.483. The van der Waals surface area contributed by atoms with Gasteiger partial charge in [-0.15, -0.1) is 0 Å². The van der Waals surface area contributed by atoms with Crippen molar-refractivity contribution in [1.29, 1.82) is 0 Å². The molecule has 0 unspecified atom stereocenters. The zero-order valence-corrected chi connectivity index (χ0v) is 5.12. The van der Waals surface area contributed by atoms with Crippen LogP contribution in [-0.4, -0.2) is 17.6 Å². The van der Waals surface area contributed by atoms with Gasteiger partial charge in [-0.25, -0.2) is 12.3 Å². The molecule has 0 aromatic rings. The summed E-state index contributed by atoms with van der Waals surface area (Å²) in [6.45, 7) is 0. The lowest BCUT2D eigenvalue weighted by Gasteiger charge is -1.93. The first-order valence-corrected chi connectivity index (χ1v) is 5.61. The number of hydrogen-bond donors (Lipinski definition) is 0. The molecule has 7 heavy (non-hydrogen) atoms. The highest BCUT2D eigenvalue weighted by Crippen LogP contribution is 2.13. The molecule has 0 aromatic carbocycles. The summed E-state index contributed by atoms with van der Waals surface area (Å²) in [6.07, 6.45) is 0. The van der Waals surface area contributed by atoms with E-state index in [9.17, 15) is 20.5 Å². The molecule has 0 radical (unpaired) electrons. The van der Waals surface area contributed by atoms with Gasteiger partial charge in [0.25, 0.3) is 0 Å². The molecule has 0 nitrogen and oxygen atoms in total. The lowest BCUT2D eigenvalue weighted by atomic mass is 18.7. The summed E-state index contributed by atoms with van der Waals surface area (Å²) in [4.78, 5) is 0. The van der Waals surface area contributed by atoms with E-state index in [1.807, 2.05) is 0 Å². The normalized spacial score (nSPS) is 12.9. The van der Waals surface area contributed by atoms with Crippen LogP contribution in [0.15, 0.2) is 0 Å². The van der Waals surface area contributed by atoms with Gasteiger partial charge in [0.05, 0.1) is 0 Å². The molecule has 7 heteroatoms. The van der Waals surface area contributed by atoms with Crippen molar-refractivity contribution in [3.05, 3.63) is 0 Å². The van der Waals surface area contributed by atoms with Crippen molar-refractivity contribution < 1.29 is 20.5 Å². The Morgan fingerprint density at radius 1 is 1.00 bits per heavy atom. The van der Waals surface area contributed by atoms with Crippen LogP contribution in [0.2, 0.25) is 0 Å². The van der Waals surface area contributed by atoms with Gasteiger partial charge < -0.3 is 0 Å². The average molecular weight is 152 g/mol. The predicted octanol–water partition coefficient (Wildman–Crippen LogP) is 1.07. The molecule has 44 valence electrons. The third kappa shape index (κ3) is 2.74. The van der Waals surface area contributed by atoms with E-state index in [2.05, 4.69) is 0 Å². The van der Waals surface area contributed by atoms with Gasteiger partial charge in [0.2, 0.25) is 0 Å². The van der Waals surface area contributed by atoms with Gasteiger partial charge in [0, 0.05) is 0 Å². The second-order valence-electron chi connectivity index (χ2n) is 0.842. The van der Waals surface area contributed by atoms with Crippen molar-refractivity contribution in [2.24, 2.45) is 0 Å². The fraction of sp³-hybridized carbons (Fsp3) is 0. The average Bonchev–Trinajstić information content (AvgIpc) is 1.31. The van der Waals surface area contributed by atoms with Gasteiger partial charge in [-0.2, -0.15) is 0 Å². The standard InChI is InChI=1S/F5HSi2/c1-6(2)7(3,4)5/h6H. The summed E-state index contributed by atoms with van der Waals surface area (Å²) in [6, 6.07) is 0. The summed E-state index contributed by atoms with van der Waals surface area (Å²) in [5.74, 6) is 0. The van der Waals surface area contributed by atoms with Gasteiger partial charge in [0.1, 0.15) is 0 Å². The first kappa shape index (κ1) is 7.08. The quantitative estimate of drug-likeness (QED) is 0.299. The minimum absolute atomic E-state index is 5.22. The molecule has 0 fully saturated rings. The Balaban J connectivity index is 3.54. The molecule has 0 N–H and O–H groups in total. The van der Waals surface area contributed by atoms with E-state index in [0.29, 0.717) is 0 Å². The number of halogens is 5. The molecule has 0 saturated heterocycles. The molecule has 0 aliphatic rings. The van der Waals surface area contributed by atoms with Crippen LogP contribution in [0, 0.1) is 0 Å². The van der Waals surface area contributed by atoms with Crippen LogP contribution in [0.1, 0.15) is 0 Å². The van der Waals surface area contributed by atoms with E-state index in [4.69, 9.17) is 0 Å². The minimum atomic E-state index is -6.43. The monoisotopic (exact) mass is 152 g/mol. The second-order valence-corrected chi connectivity index (χ2v) is 5.80. The molecular weight excluding hydrogens is 151 g/mol. The molecule has 0 aromatic heterocycles. The number of hydrogen-bond acceptors (Lipinski definition) is 0. The maximum atomic E-state index is 10.6. The lowest BCUT2D eigenvalue weighted by Crippen LogP contribution is -2.31. The summed E-state index contributed by atoms with van der Waals surface area (Å²) in [5.41, 5.74) is 0. The third-order valence-electron chi connectivity index (χ3n) is 0.247. The Kier molecular flexibility index (Phi) is 1.93. The number of rotatable bonds is 1. The topological polar surface area (TPSA) is 0 Å². The van der Waals surface area contributed by atoms with Gasteiger partial charge in [-0.3, -0.25) is 8.22 Å². The zero-order valence-electron chi connectivity index (χ0n) is 2.97. The van der Waals surface area contributed by atoms with Crippen molar-refractivity contribution in [1.82, 2.24) is 0 Å². The fourth-order valence-corrected chi connectivity index (χ4v) is 0. The molecule has 0 rings (SSSR count). The molecule has 0 saturated carbocycles. The summed E-state index contributed by atoms with van der Waals surface area (Å²) >= 11 is 0. The molecule has 0 aliphatic carbocycles. The SMILES string of the molecule is F[SiH](F)[Si](F)(F)F. The zero-order chi connectivity index (χ0) is 6.08. The molecular formula is HF5Si2. The Morgan fingerprint density at radius 2 is 1.14 bits per heavy atom. The summed E-state index contributed by atoms with van der Waals surface area (Å²) < 4.78 is 53.1. The molecule has 0 amide bonds. The Morgan fingerprint density at radius 3 is 1.14 bits per heavy atom. The molecule has 0 bridgehead atoms. The minimum Gasteiger partial charge on any atom is -0.269 e. The Labute approximate surface area is 39.2 Å². The largest absolute Gasteiger partial charge is 0.657 e. The van der Waals surface area contributed by atoms with Crippen molar-refractivity contribution >= 4 is 17.6 Å². The second kappa shape index (κ2) is 1.91. The van der Waals surface area contributed by atoms with Gasteiger partial charge >= 0.3 is 17.6 Å². The van der Waals surface area contributed by atoms with E-state index >= 15 is 0 Å². The van der Waals surface area contributed by atoms with Crippen molar-refractivity contribution in [3.63, 3.8) is 0 Å². The van der Waals surface area contributed by atoms with Crippen LogP contribution in [0.4, 0.5) is 20.5 Å². The van der Waals surface area contributed by atoms with Crippen molar-refractivity contribution in [2.45, 2.75) is 0 Å². The van der Waals surface area contributed by atoms with E-state index in [1.54, 1.807) is 0 Å². The molecule has 0 heterocycles. The van der Waals surface area contributed by atoms with E-state index in [1.165, 1.54) is 0 Å². The maximum Gasteiger partial charge on any atom is 0.657 e.